The minimum atomic E-state index is -0.719. The standard InChI is InChI=1S/C22H19ClFN7O/c1-30-7-6-12-2-4-15(8-13(12)11-30)27-21-26-10-16-19(25)31(22(32)29-20(16)28-21)18-9-14(24)3-5-17(18)23/h2-5,8-10H,6-7,11,25H2,1H3,(H,27,28,29,32). The second-order valence-electron chi connectivity index (χ2n) is 7.74. The van der Waals surface area contributed by atoms with Crippen LogP contribution in [0.4, 0.5) is 21.8 Å². The van der Waals surface area contributed by atoms with E-state index in [0.717, 1.165) is 35.8 Å². The fourth-order valence-corrected chi connectivity index (χ4v) is 4.06. The van der Waals surface area contributed by atoms with Crippen LogP contribution in [0.2, 0.25) is 5.02 Å². The van der Waals surface area contributed by atoms with E-state index in [2.05, 4.69) is 44.3 Å². The molecular weight excluding hydrogens is 433 g/mol. The fourth-order valence-electron chi connectivity index (χ4n) is 3.86. The lowest BCUT2D eigenvalue weighted by molar-refractivity contribution is 0.313. The molecule has 162 valence electrons. The van der Waals surface area contributed by atoms with Crippen molar-refractivity contribution in [1.29, 1.82) is 0 Å². The van der Waals surface area contributed by atoms with E-state index in [1.54, 1.807) is 0 Å². The number of anilines is 3. The number of hydrogen-bond acceptors (Lipinski definition) is 7. The van der Waals surface area contributed by atoms with Crippen LogP contribution in [0.15, 0.2) is 47.4 Å². The first kappa shape index (κ1) is 20.3. The number of halogens is 2. The molecule has 4 aromatic rings. The van der Waals surface area contributed by atoms with Crippen LogP contribution in [0.5, 0.6) is 0 Å². The lowest BCUT2D eigenvalue weighted by Crippen LogP contribution is -2.26. The molecule has 2 aromatic heterocycles. The molecular formula is C22H19ClFN7O. The summed E-state index contributed by atoms with van der Waals surface area (Å²) in [5, 5.41) is 3.68. The molecule has 5 rings (SSSR count). The number of rotatable bonds is 3. The molecule has 0 unspecified atom stereocenters. The Hall–Kier alpha value is -3.56. The molecule has 8 nitrogen and oxygen atoms in total. The minimum absolute atomic E-state index is 0.0240. The van der Waals surface area contributed by atoms with Gasteiger partial charge in [-0.3, -0.25) is 0 Å². The number of nitrogens with two attached hydrogens (primary N) is 1. The number of aromatic nitrogens is 4. The largest absolute Gasteiger partial charge is 0.384 e. The van der Waals surface area contributed by atoms with Gasteiger partial charge in [0.1, 0.15) is 11.6 Å². The third-order valence-electron chi connectivity index (χ3n) is 5.49. The van der Waals surface area contributed by atoms with Gasteiger partial charge < -0.3 is 16.0 Å². The molecule has 0 saturated heterocycles. The van der Waals surface area contributed by atoms with Crippen LogP contribution in [0.3, 0.4) is 0 Å². The molecule has 0 bridgehead atoms. The van der Waals surface area contributed by atoms with Gasteiger partial charge in [-0.1, -0.05) is 17.7 Å². The summed E-state index contributed by atoms with van der Waals surface area (Å²) in [6, 6.07) is 9.82. The van der Waals surface area contributed by atoms with Gasteiger partial charge in [-0.05, 0) is 54.9 Å². The smallest absolute Gasteiger partial charge is 0.355 e. The van der Waals surface area contributed by atoms with Crippen molar-refractivity contribution in [1.82, 2.24) is 24.4 Å². The van der Waals surface area contributed by atoms with Gasteiger partial charge in [0, 0.05) is 25.0 Å². The van der Waals surface area contributed by atoms with Crippen molar-refractivity contribution in [3.8, 4) is 5.69 Å². The molecule has 0 spiro atoms. The zero-order chi connectivity index (χ0) is 22.4. The molecule has 1 aliphatic heterocycles. The van der Waals surface area contributed by atoms with Gasteiger partial charge in [-0.25, -0.2) is 18.7 Å². The summed E-state index contributed by atoms with van der Waals surface area (Å²) in [6.45, 7) is 1.92. The summed E-state index contributed by atoms with van der Waals surface area (Å²) in [5.41, 5.74) is 9.14. The topological polar surface area (TPSA) is 102 Å². The van der Waals surface area contributed by atoms with Crippen LogP contribution in [0.25, 0.3) is 16.7 Å². The summed E-state index contributed by atoms with van der Waals surface area (Å²) in [6.07, 6.45) is 2.49. The van der Waals surface area contributed by atoms with Crippen LogP contribution in [0.1, 0.15) is 11.1 Å². The van der Waals surface area contributed by atoms with E-state index in [0.29, 0.717) is 5.39 Å². The lowest BCUT2D eigenvalue weighted by atomic mass is 9.99. The highest BCUT2D eigenvalue weighted by molar-refractivity contribution is 6.32. The molecule has 0 fully saturated rings. The Morgan fingerprint density at radius 2 is 2.00 bits per heavy atom. The summed E-state index contributed by atoms with van der Waals surface area (Å²) in [5.74, 6) is -0.242. The van der Waals surface area contributed by atoms with Gasteiger partial charge in [0.05, 0.1) is 16.1 Å². The van der Waals surface area contributed by atoms with Gasteiger partial charge in [0.15, 0.2) is 5.65 Å². The molecule has 0 radical (unpaired) electrons. The zero-order valence-electron chi connectivity index (χ0n) is 17.1. The van der Waals surface area contributed by atoms with Crippen molar-refractivity contribution in [3.05, 3.63) is 75.0 Å². The number of nitrogen functional groups attached to an aromatic ring is 1. The lowest BCUT2D eigenvalue weighted by Gasteiger charge is -2.25. The highest BCUT2D eigenvalue weighted by Gasteiger charge is 2.17. The van der Waals surface area contributed by atoms with E-state index in [-0.39, 0.29) is 28.1 Å². The van der Waals surface area contributed by atoms with Crippen molar-refractivity contribution < 1.29 is 4.39 Å². The molecule has 0 saturated carbocycles. The van der Waals surface area contributed by atoms with Crippen molar-refractivity contribution in [2.45, 2.75) is 13.0 Å². The van der Waals surface area contributed by atoms with E-state index in [9.17, 15) is 9.18 Å². The highest BCUT2D eigenvalue weighted by atomic mass is 35.5. The summed E-state index contributed by atoms with van der Waals surface area (Å²) in [7, 11) is 2.09. The van der Waals surface area contributed by atoms with Gasteiger partial charge >= 0.3 is 5.69 Å². The zero-order valence-corrected chi connectivity index (χ0v) is 17.9. The van der Waals surface area contributed by atoms with Crippen LogP contribution in [0, 0.1) is 5.82 Å². The molecule has 0 aliphatic carbocycles. The average molecular weight is 452 g/mol. The van der Waals surface area contributed by atoms with Crippen molar-refractivity contribution in [3.63, 3.8) is 0 Å². The third-order valence-corrected chi connectivity index (χ3v) is 5.81. The Labute approximate surface area is 187 Å². The molecule has 10 heteroatoms. The number of fused-ring (bicyclic) bond motifs is 2. The first-order chi connectivity index (χ1) is 15.4. The Balaban J connectivity index is 1.52. The monoisotopic (exact) mass is 451 g/mol. The molecule has 2 aromatic carbocycles. The molecule has 0 amide bonds. The minimum Gasteiger partial charge on any atom is -0.384 e. The maximum absolute atomic E-state index is 13.7. The van der Waals surface area contributed by atoms with Gasteiger partial charge in [0.2, 0.25) is 5.95 Å². The normalized spacial score (nSPS) is 13.8. The van der Waals surface area contributed by atoms with Crippen LogP contribution in [-0.4, -0.2) is 38.0 Å². The van der Waals surface area contributed by atoms with Crippen LogP contribution < -0.4 is 16.7 Å². The SMILES string of the molecule is CN1CCc2ccc(Nc3ncc4c(N)n(-c5cc(F)ccc5Cl)c(=O)nc4n3)cc2C1. The van der Waals surface area contributed by atoms with E-state index >= 15 is 0 Å². The average Bonchev–Trinajstić information content (AvgIpc) is 2.75. The first-order valence-electron chi connectivity index (χ1n) is 9.97. The summed E-state index contributed by atoms with van der Waals surface area (Å²) < 4.78 is 14.8. The van der Waals surface area contributed by atoms with Crippen LogP contribution >= 0.6 is 11.6 Å². The molecule has 3 N–H and O–H groups in total. The van der Waals surface area contributed by atoms with E-state index < -0.39 is 11.5 Å². The predicted molar refractivity (Wildman–Crippen MR) is 122 cm³/mol. The van der Waals surface area contributed by atoms with Gasteiger partial charge in [-0.2, -0.15) is 9.97 Å². The first-order valence-corrected chi connectivity index (χ1v) is 10.3. The fraction of sp³-hybridized carbons (Fsp3) is 0.182. The number of nitrogens with zero attached hydrogens (tertiary/aromatic N) is 5. The molecule has 0 atom stereocenters. The third kappa shape index (κ3) is 3.65. The van der Waals surface area contributed by atoms with Crippen molar-refractivity contribution in [2.24, 2.45) is 0 Å². The summed E-state index contributed by atoms with van der Waals surface area (Å²) in [4.78, 5) is 27.6. The van der Waals surface area contributed by atoms with Gasteiger partial charge in [0.25, 0.3) is 0 Å². The van der Waals surface area contributed by atoms with Crippen molar-refractivity contribution in [2.75, 3.05) is 24.6 Å². The Bertz CT molecular complexity index is 1420. The second kappa shape index (κ2) is 7.85. The van der Waals surface area contributed by atoms with Gasteiger partial charge in [-0.15, -0.1) is 0 Å². The number of hydrogen-bond donors (Lipinski definition) is 2. The van der Waals surface area contributed by atoms with E-state index in [4.69, 9.17) is 17.3 Å². The number of nitrogens with one attached hydrogen (secondary N) is 1. The molecule has 1 aliphatic rings. The predicted octanol–water partition coefficient (Wildman–Crippen LogP) is 3.28. The second-order valence-corrected chi connectivity index (χ2v) is 8.15. The number of likely N-dealkylation sites (N-methyl/N-ethyl adjacent to an activating group) is 1. The molecule has 32 heavy (non-hydrogen) atoms. The Morgan fingerprint density at radius 1 is 1.16 bits per heavy atom. The quantitative estimate of drug-likeness (QED) is 0.492. The maximum Gasteiger partial charge on any atom is 0.355 e. The van der Waals surface area contributed by atoms with E-state index in [1.165, 1.54) is 29.5 Å². The highest BCUT2D eigenvalue weighted by Crippen LogP contribution is 2.27. The Kier molecular flexibility index (Phi) is 4.99. The van der Waals surface area contributed by atoms with E-state index in [1.807, 2.05) is 6.07 Å². The number of benzene rings is 2. The Morgan fingerprint density at radius 3 is 2.84 bits per heavy atom. The van der Waals surface area contributed by atoms with Crippen LogP contribution in [-0.2, 0) is 13.0 Å². The maximum atomic E-state index is 13.7. The van der Waals surface area contributed by atoms with Crippen molar-refractivity contribution >= 4 is 40.1 Å². The molecule has 3 heterocycles. The summed E-state index contributed by atoms with van der Waals surface area (Å²) >= 11 is 6.15.